The molecule has 2 aromatic carbocycles. The molecule has 1 amide bonds. The minimum Gasteiger partial charge on any atom is -0.497 e. The summed E-state index contributed by atoms with van der Waals surface area (Å²) in [5.41, 5.74) is 1.88. The summed E-state index contributed by atoms with van der Waals surface area (Å²) in [6.07, 6.45) is 0.553. The van der Waals surface area contributed by atoms with Gasteiger partial charge in [0, 0.05) is 12.2 Å². The first-order valence-electron chi connectivity index (χ1n) is 11.8. The minimum atomic E-state index is -3.36. The maximum Gasteiger partial charge on any atom is 0.414 e. The summed E-state index contributed by atoms with van der Waals surface area (Å²) >= 11 is 0. The Morgan fingerprint density at radius 1 is 1.00 bits per heavy atom. The molecule has 0 radical (unpaired) electrons. The van der Waals surface area contributed by atoms with Crippen LogP contribution in [-0.4, -0.2) is 64.1 Å². The van der Waals surface area contributed by atoms with Crippen molar-refractivity contribution in [1.82, 2.24) is 4.90 Å². The van der Waals surface area contributed by atoms with Gasteiger partial charge in [-0.05, 0) is 73.3 Å². The first kappa shape index (κ1) is 24.5. The van der Waals surface area contributed by atoms with Crippen LogP contribution in [0.1, 0.15) is 39.2 Å². The lowest BCUT2D eigenvalue weighted by Crippen LogP contribution is -2.43. The molecule has 0 N–H and O–H groups in total. The Hall–Kier alpha value is -2.58. The zero-order valence-corrected chi connectivity index (χ0v) is 21.2. The fourth-order valence-corrected chi connectivity index (χ4v) is 6.35. The monoisotopic (exact) mass is 486 g/mol. The number of piperidine rings is 1. The molecule has 2 aliphatic heterocycles. The largest absolute Gasteiger partial charge is 0.497 e. The number of rotatable bonds is 6. The Morgan fingerprint density at radius 2 is 1.62 bits per heavy atom. The molecule has 4 rings (SSSR count). The quantitative estimate of drug-likeness (QED) is 0.607. The van der Waals surface area contributed by atoms with Gasteiger partial charge in [-0.1, -0.05) is 32.9 Å². The van der Waals surface area contributed by atoms with E-state index < -0.39 is 9.84 Å². The topological polar surface area (TPSA) is 76.2 Å². The zero-order valence-electron chi connectivity index (χ0n) is 20.4. The van der Waals surface area contributed by atoms with Gasteiger partial charge in [0.15, 0.2) is 9.84 Å². The highest BCUT2D eigenvalue weighted by Gasteiger charge is 2.36. The average molecular weight is 487 g/mol. The molecule has 2 aliphatic rings. The van der Waals surface area contributed by atoms with Gasteiger partial charge in [-0.2, -0.15) is 0 Å². The highest BCUT2D eigenvalue weighted by Crippen LogP contribution is 2.29. The van der Waals surface area contributed by atoms with Crippen LogP contribution in [-0.2, 0) is 20.0 Å². The molecule has 34 heavy (non-hydrogen) atoms. The maximum atomic E-state index is 13.2. The zero-order chi connectivity index (χ0) is 24.5. The summed E-state index contributed by atoms with van der Waals surface area (Å²) in [5, 5.41) is -0.383. The molecule has 2 heterocycles. The van der Waals surface area contributed by atoms with E-state index in [0.29, 0.717) is 43.9 Å². The van der Waals surface area contributed by atoms with E-state index >= 15 is 0 Å². The van der Waals surface area contributed by atoms with Crippen LogP contribution >= 0.6 is 0 Å². The van der Waals surface area contributed by atoms with Gasteiger partial charge >= 0.3 is 6.09 Å². The first-order valence-corrected chi connectivity index (χ1v) is 13.3. The molecule has 0 aliphatic carbocycles. The van der Waals surface area contributed by atoms with Gasteiger partial charge in [-0.15, -0.1) is 0 Å². The van der Waals surface area contributed by atoms with Crippen LogP contribution in [0.5, 0.6) is 5.75 Å². The Bertz CT molecular complexity index is 1100. The third-order valence-corrected chi connectivity index (χ3v) is 9.02. The van der Waals surface area contributed by atoms with E-state index in [1.807, 2.05) is 36.4 Å². The van der Waals surface area contributed by atoms with Crippen molar-refractivity contribution in [2.45, 2.75) is 55.3 Å². The summed E-state index contributed by atoms with van der Waals surface area (Å²) in [6.45, 7) is 8.76. The van der Waals surface area contributed by atoms with Crippen LogP contribution in [0.3, 0.4) is 0 Å². The van der Waals surface area contributed by atoms with Gasteiger partial charge in [0.25, 0.3) is 0 Å². The predicted octanol–water partition coefficient (Wildman–Crippen LogP) is 4.26. The maximum absolute atomic E-state index is 13.2. The van der Waals surface area contributed by atoms with Gasteiger partial charge in [-0.25, -0.2) is 13.2 Å². The summed E-state index contributed by atoms with van der Waals surface area (Å²) in [5.74, 6) is 0.732. The van der Waals surface area contributed by atoms with Gasteiger partial charge in [0.2, 0.25) is 0 Å². The van der Waals surface area contributed by atoms with Crippen LogP contribution in [0, 0.1) is 0 Å². The first-order chi connectivity index (χ1) is 16.1. The third-order valence-electron chi connectivity index (χ3n) is 6.74. The van der Waals surface area contributed by atoms with E-state index in [1.165, 1.54) is 0 Å². The van der Waals surface area contributed by atoms with Crippen LogP contribution in [0.15, 0.2) is 53.4 Å². The summed E-state index contributed by atoms with van der Waals surface area (Å²) in [4.78, 5) is 16.6. The third kappa shape index (κ3) is 5.23. The Balaban J connectivity index is 1.32. The van der Waals surface area contributed by atoms with Crippen molar-refractivity contribution in [2.24, 2.45) is 0 Å². The van der Waals surface area contributed by atoms with Gasteiger partial charge in [0.1, 0.15) is 11.9 Å². The Morgan fingerprint density at radius 3 is 2.18 bits per heavy atom. The van der Waals surface area contributed by atoms with Crippen molar-refractivity contribution in [1.29, 1.82) is 0 Å². The van der Waals surface area contributed by atoms with Crippen molar-refractivity contribution in [3.63, 3.8) is 0 Å². The number of amides is 1. The van der Waals surface area contributed by atoms with Crippen molar-refractivity contribution < 1.29 is 22.7 Å². The fraction of sp³-hybridized carbons (Fsp3) is 0.500. The standard InChI is InChI=1S/C26H34N2O5S/c1-26(2,3)19-5-11-23(12-6-19)34(30,31)24-13-15-27(16-14-24)17-22-18-28(25(29)33-22)20-7-9-21(32-4)10-8-20/h5-12,22,24H,13-18H2,1-4H3. The molecule has 184 valence electrons. The number of benzene rings is 2. The molecule has 0 aromatic heterocycles. The summed E-state index contributed by atoms with van der Waals surface area (Å²) < 4.78 is 37.1. The number of methoxy groups -OCH3 is 1. The van der Waals surface area contributed by atoms with Crippen LogP contribution < -0.4 is 9.64 Å². The SMILES string of the molecule is COc1ccc(N2CC(CN3CCC(S(=O)(=O)c4ccc(C(C)(C)C)cc4)CC3)OC2=O)cc1. The molecular formula is C26H34N2O5S. The smallest absolute Gasteiger partial charge is 0.414 e. The highest BCUT2D eigenvalue weighted by atomic mass is 32.2. The highest BCUT2D eigenvalue weighted by molar-refractivity contribution is 7.92. The van der Waals surface area contributed by atoms with Crippen molar-refractivity contribution in [3.8, 4) is 5.75 Å². The van der Waals surface area contributed by atoms with E-state index in [4.69, 9.17) is 9.47 Å². The number of likely N-dealkylation sites (tertiary alicyclic amines) is 1. The van der Waals surface area contributed by atoms with E-state index in [9.17, 15) is 13.2 Å². The van der Waals surface area contributed by atoms with Crippen molar-refractivity contribution in [3.05, 3.63) is 54.1 Å². The van der Waals surface area contributed by atoms with E-state index in [2.05, 4.69) is 25.7 Å². The average Bonchev–Trinajstić information content (AvgIpc) is 3.18. The van der Waals surface area contributed by atoms with E-state index in [-0.39, 0.29) is 22.9 Å². The van der Waals surface area contributed by atoms with Crippen LogP contribution in [0.4, 0.5) is 10.5 Å². The molecular weight excluding hydrogens is 452 g/mol. The molecule has 2 fully saturated rings. The van der Waals surface area contributed by atoms with Crippen molar-refractivity contribution in [2.75, 3.05) is 38.2 Å². The van der Waals surface area contributed by atoms with Gasteiger partial charge < -0.3 is 9.47 Å². The molecule has 8 heteroatoms. The van der Waals surface area contributed by atoms with Crippen molar-refractivity contribution >= 4 is 21.6 Å². The predicted molar refractivity (Wildman–Crippen MR) is 132 cm³/mol. The van der Waals surface area contributed by atoms with Crippen LogP contribution in [0.2, 0.25) is 0 Å². The molecule has 7 nitrogen and oxygen atoms in total. The second kappa shape index (κ2) is 9.58. The van der Waals surface area contributed by atoms with E-state index in [0.717, 1.165) is 17.0 Å². The lowest BCUT2D eigenvalue weighted by atomic mass is 9.87. The minimum absolute atomic E-state index is 0.0136. The summed E-state index contributed by atoms with van der Waals surface area (Å²) in [6, 6.07) is 14.6. The van der Waals surface area contributed by atoms with E-state index in [1.54, 1.807) is 24.1 Å². The number of nitrogens with zero attached hydrogens (tertiary/aromatic N) is 2. The molecule has 1 atom stereocenters. The lowest BCUT2D eigenvalue weighted by molar-refractivity contribution is 0.101. The second-order valence-corrected chi connectivity index (χ2v) is 12.4. The number of carbonyl (C=O) groups excluding carboxylic acids is 1. The number of hydrogen-bond acceptors (Lipinski definition) is 6. The molecule has 2 saturated heterocycles. The summed E-state index contributed by atoms with van der Waals surface area (Å²) in [7, 11) is -1.76. The number of hydrogen-bond donors (Lipinski definition) is 0. The van der Waals surface area contributed by atoms with Gasteiger partial charge in [-0.3, -0.25) is 9.80 Å². The van der Waals surface area contributed by atoms with Crippen LogP contribution in [0.25, 0.3) is 0 Å². The molecule has 0 bridgehead atoms. The lowest BCUT2D eigenvalue weighted by Gasteiger charge is -2.32. The Kier molecular flexibility index (Phi) is 6.92. The number of ether oxygens (including phenoxy) is 2. The number of cyclic esters (lactones) is 1. The molecule has 2 aromatic rings. The normalized spacial score (nSPS) is 20.4. The number of sulfone groups is 1. The second-order valence-electron chi connectivity index (χ2n) is 10.1. The fourth-order valence-electron chi connectivity index (χ4n) is 4.62. The number of carbonyl (C=O) groups is 1. The molecule has 0 saturated carbocycles. The Labute approximate surface area is 202 Å². The molecule has 0 spiro atoms. The number of anilines is 1. The molecule has 1 unspecified atom stereocenters. The van der Waals surface area contributed by atoms with Gasteiger partial charge in [0.05, 0.1) is 23.8 Å².